The molecule has 1 aromatic carbocycles. The minimum Gasteiger partial charge on any atom is -0.387 e. The Morgan fingerprint density at radius 1 is 1.22 bits per heavy atom. The average Bonchev–Trinajstić information content (AvgIpc) is 2.72. The van der Waals surface area contributed by atoms with Crippen LogP contribution in [0.2, 0.25) is 10.0 Å². The number of aromatic nitrogens is 1. The van der Waals surface area contributed by atoms with Gasteiger partial charge in [-0.05, 0) is 43.4 Å². The molecule has 1 N–H and O–H groups in total. The van der Waals surface area contributed by atoms with Crippen molar-refractivity contribution in [1.29, 1.82) is 0 Å². The molecule has 0 bridgehead atoms. The van der Waals surface area contributed by atoms with E-state index < -0.39 is 52.0 Å². The van der Waals surface area contributed by atoms with Gasteiger partial charge in [0.1, 0.15) is 17.7 Å². The number of hydrogen-bond donors (Lipinski definition) is 1. The van der Waals surface area contributed by atoms with Crippen molar-refractivity contribution in [2.45, 2.75) is 49.7 Å². The van der Waals surface area contributed by atoms with E-state index in [-0.39, 0.29) is 36.3 Å². The van der Waals surface area contributed by atoms with Gasteiger partial charge in [0.25, 0.3) is 5.91 Å². The van der Waals surface area contributed by atoms with Crippen molar-refractivity contribution in [2.24, 2.45) is 0 Å². The summed E-state index contributed by atoms with van der Waals surface area (Å²) in [7, 11) is 1.21. The van der Waals surface area contributed by atoms with Crippen LogP contribution in [0.25, 0.3) is 0 Å². The molecule has 3 rings (SSSR count). The summed E-state index contributed by atoms with van der Waals surface area (Å²) < 4.78 is 67.6. The third kappa shape index (κ3) is 4.70. The summed E-state index contributed by atoms with van der Waals surface area (Å²) in [5.41, 5.74) is -3.61. The first kappa shape index (κ1) is 24.7. The van der Waals surface area contributed by atoms with Crippen molar-refractivity contribution in [3.05, 3.63) is 63.1 Å². The summed E-state index contributed by atoms with van der Waals surface area (Å²) in [6, 6.07) is 3.13. The van der Waals surface area contributed by atoms with E-state index in [2.05, 4.69) is 4.98 Å². The smallest absolute Gasteiger partial charge is 0.387 e. The number of rotatable bonds is 4. The average molecular weight is 497 g/mol. The number of amides is 1. The molecule has 1 unspecified atom stereocenters. The van der Waals surface area contributed by atoms with Gasteiger partial charge in [-0.2, -0.15) is 13.2 Å². The highest BCUT2D eigenvalue weighted by Crippen LogP contribution is 2.45. The Labute approximate surface area is 191 Å². The quantitative estimate of drug-likeness (QED) is 0.528. The predicted molar refractivity (Wildman–Crippen MR) is 109 cm³/mol. The van der Waals surface area contributed by atoms with Crippen molar-refractivity contribution in [2.75, 3.05) is 7.05 Å². The second kappa shape index (κ2) is 9.11. The number of carbonyl (C=O) groups is 1. The van der Waals surface area contributed by atoms with Gasteiger partial charge in [0.05, 0.1) is 27.3 Å². The molecule has 1 aliphatic carbocycles. The van der Waals surface area contributed by atoms with Crippen molar-refractivity contribution in [3.8, 4) is 0 Å². The highest BCUT2D eigenvalue weighted by molar-refractivity contribution is 6.34. The van der Waals surface area contributed by atoms with Crippen LogP contribution in [0, 0.1) is 5.82 Å². The molecule has 2 aromatic rings. The largest absolute Gasteiger partial charge is 0.417 e. The Bertz CT molecular complexity index is 1010. The van der Waals surface area contributed by atoms with Gasteiger partial charge in [-0.1, -0.05) is 35.3 Å². The molecule has 1 aromatic heterocycles. The van der Waals surface area contributed by atoms with Crippen LogP contribution in [0.5, 0.6) is 0 Å². The van der Waals surface area contributed by atoms with E-state index >= 15 is 0 Å². The van der Waals surface area contributed by atoms with Crippen LogP contribution < -0.4 is 0 Å². The standard InChI is InChI=1S/C21H19Cl2F5N2O2/c1-30(19(31)17-16(23)13(7-10-29-17)21(26,27)28)18(12-3-2-4-14(25)15(12)22)20(32)8-5-11(24)6-9-20/h2-4,7,10-11,18,32H,5-6,8-9H2,1H3. The maximum atomic E-state index is 14.2. The number of benzene rings is 1. The Morgan fingerprint density at radius 3 is 2.44 bits per heavy atom. The van der Waals surface area contributed by atoms with Crippen LogP contribution >= 0.6 is 23.2 Å². The number of alkyl halides is 4. The van der Waals surface area contributed by atoms with Gasteiger partial charge in [0, 0.05) is 13.2 Å². The van der Waals surface area contributed by atoms with E-state index in [4.69, 9.17) is 23.2 Å². The van der Waals surface area contributed by atoms with Gasteiger partial charge in [-0.25, -0.2) is 13.8 Å². The molecule has 32 heavy (non-hydrogen) atoms. The SMILES string of the molecule is CN(C(=O)c1nccc(C(F)(F)F)c1Cl)C(c1cccc(F)c1Cl)C1(O)CCC(F)CC1. The minimum atomic E-state index is -4.82. The van der Waals surface area contributed by atoms with Gasteiger partial charge in [0.15, 0.2) is 0 Å². The molecule has 1 saturated carbocycles. The van der Waals surface area contributed by atoms with Crippen molar-refractivity contribution < 1.29 is 31.9 Å². The lowest BCUT2D eigenvalue weighted by Gasteiger charge is -2.44. The lowest BCUT2D eigenvalue weighted by atomic mass is 9.75. The monoisotopic (exact) mass is 496 g/mol. The summed E-state index contributed by atoms with van der Waals surface area (Å²) in [5.74, 6) is -1.85. The van der Waals surface area contributed by atoms with Gasteiger partial charge >= 0.3 is 6.18 Å². The molecule has 1 aliphatic rings. The molecule has 1 fully saturated rings. The normalized spacial score (nSPS) is 22.5. The molecule has 0 spiro atoms. The van der Waals surface area contributed by atoms with Crippen LogP contribution in [0.3, 0.4) is 0 Å². The maximum absolute atomic E-state index is 14.2. The molecule has 0 aliphatic heterocycles. The Morgan fingerprint density at radius 2 is 1.84 bits per heavy atom. The third-order valence-electron chi connectivity index (χ3n) is 5.67. The lowest BCUT2D eigenvalue weighted by Crippen LogP contribution is -2.49. The Kier molecular flexibility index (Phi) is 7.02. The molecule has 1 heterocycles. The van der Waals surface area contributed by atoms with E-state index in [1.807, 2.05) is 0 Å². The van der Waals surface area contributed by atoms with E-state index in [0.29, 0.717) is 6.07 Å². The van der Waals surface area contributed by atoms with Crippen LogP contribution in [-0.4, -0.2) is 39.7 Å². The second-order valence-electron chi connectivity index (χ2n) is 7.76. The number of aliphatic hydroxyl groups is 1. The van der Waals surface area contributed by atoms with Gasteiger partial charge in [-0.3, -0.25) is 4.79 Å². The van der Waals surface area contributed by atoms with Crippen LogP contribution in [0.15, 0.2) is 30.5 Å². The number of likely N-dealkylation sites (N-methyl/N-ethyl adjacent to an activating group) is 1. The van der Waals surface area contributed by atoms with Gasteiger partial charge in [0.2, 0.25) is 0 Å². The van der Waals surface area contributed by atoms with E-state index in [0.717, 1.165) is 17.2 Å². The van der Waals surface area contributed by atoms with Crippen molar-refractivity contribution in [3.63, 3.8) is 0 Å². The van der Waals surface area contributed by atoms with E-state index in [1.54, 1.807) is 0 Å². The molecule has 1 amide bonds. The zero-order valence-corrected chi connectivity index (χ0v) is 18.3. The lowest BCUT2D eigenvalue weighted by molar-refractivity contribution is -0.137. The first-order chi connectivity index (χ1) is 14.9. The van der Waals surface area contributed by atoms with Crippen LogP contribution in [0.4, 0.5) is 22.0 Å². The molecule has 4 nitrogen and oxygen atoms in total. The van der Waals surface area contributed by atoms with Gasteiger partial charge in [-0.15, -0.1) is 0 Å². The molecular weight excluding hydrogens is 478 g/mol. The van der Waals surface area contributed by atoms with Crippen molar-refractivity contribution >= 4 is 29.1 Å². The molecule has 1 atom stereocenters. The summed E-state index contributed by atoms with van der Waals surface area (Å²) in [6.45, 7) is 0. The second-order valence-corrected chi connectivity index (χ2v) is 8.51. The summed E-state index contributed by atoms with van der Waals surface area (Å²) in [6.07, 6.45) is -5.35. The Balaban J connectivity index is 2.10. The van der Waals surface area contributed by atoms with E-state index in [1.165, 1.54) is 19.2 Å². The molecule has 11 heteroatoms. The van der Waals surface area contributed by atoms with Gasteiger partial charge < -0.3 is 10.0 Å². The van der Waals surface area contributed by atoms with Crippen molar-refractivity contribution in [1.82, 2.24) is 9.88 Å². The zero-order chi connectivity index (χ0) is 23.8. The van der Waals surface area contributed by atoms with E-state index in [9.17, 15) is 31.9 Å². The summed E-state index contributed by atoms with van der Waals surface area (Å²) in [4.78, 5) is 17.8. The first-order valence-corrected chi connectivity index (χ1v) is 10.4. The highest BCUT2D eigenvalue weighted by atomic mass is 35.5. The molecule has 0 radical (unpaired) electrons. The summed E-state index contributed by atoms with van der Waals surface area (Å²) in [5, 5.41) is 10.1. The third-order valence-corrected chi connectivity index (χ3v) is 6.45. The van der Waals surface area contributed by atoms with Crippen LogP contribution in [-0.2, 0) is 6.18 Å². The fourth-order valence-corrected chi connectivity index (χ4v) is 4.57. The topological polar surface area (TPSA) is 53.4 Å². The molecule has 174 valence electrons. The number of halogens is 7. The minimum absolute atomic E-state index is 0.00939. The number of carbonyl (C=O) groups excluding carboxylic acids is 1. The maximum Gasteiger partial charge on any atom is 0.417 e. The molecule has 0 saturated heterocycles. The fraction of sp³-hybridized carbons (Fsp3) is 0.429. The number of pyridine rings is 1. The number of hydrogen-bond acceptors (Lipinski definition) is 3. The predicted octanol–water partition coefficient (Wildman–Crippen LogP) is 6.00. The zero-order valence-electron chi connectivity index (χ0n) is 16.8. The Hall–Kier alpha value is -1.97. The number of nitrogens with zero attached hydrogens (tertiary/aromatic N) is 2. The molecular formula is C21H19Cl2F5N2O2. The first-order valence-electron chi connectivity index (χ1n) is 9.66. The van der Waals surface area contributed by atoms with Crippen LogP contribution in [0.1, 0.15) is 53.3 Å². The highest BCUT2D eigenvalue weighted by Gasteiger charge is 2.46. The fourth-order valence-electron chi connectivity index (χ4n) is 4.04. The summed E-state index contributed by atoms with van der Waals surface area (Å²) >= 11 is 12.0.